The zero-order valence-electron chi connectivity index (χ0n) is 11.7. The van der Waals surface area contributed by atoms with Crippen LogP contribution < -0.4 is 5.32 Å². The number of nitrogens with zero attached hydrogens (tertiary/aromatic N) is 2. The number of halogens is 1. The molecule has 0 aliphatic heterocycles. The molecule has 0 atom stereocenters. The lowest BCUT2D eigenvalue weighted by atomic mass is 10.2. The van der Waals surface area contributed by atoms with Gasteiger partial charge in [-0.1, -0.05) is 28.1 Å². The van der Waals surface area contributed by atoms with Crippen molar-refractivity contribution in [2.24, 2.45) is 0 Å². The molecule has 21 heavy (non-hydrogen) atoms. The number of hydrogen-bond donors (Lipinski definition) is 1. The van der Waals surface area contributed by atoms with Gasteiger partial charge in [-0.2, -0.15) is 0 Å². The number of hydrogen-bond acceptors (Lipinski definition) is 3. The van der Waals surface area contributed by atoms with Gasteiger partial charge in [-0.15, -0.1) is 0 Å². The van der Waals surface area contributed by atoms with Crippen molar-refractivity contribution in [1.82, 2.24) is 9.38 Å². The number of imidazole rings is 1. The number of fused-ring (bicyclic) bond motifs is 1. The van der Waals surface area contributed by atoms with Gasteiger partial charge in [0.05, 0.1) is 18.8 Å². The average Bonchev–Trinajstić information content (AvgIpc) is 2.91. The van der Waals surface area contributed by atoms with E-state index in [4.69, 9.17) is 4.74 Å². The highest BCUT2D eigenvalue weighted by molar-refractivity contribution is 9.10. The molecule has 0 aliphatic carbocycles. The molecular weight excluding hydrogens is 330 g/mol. The van der Waals surface area contributed by atoms with Gasteiger partial charge in [0.2, 0.25) is 0 Å². The van der Waals surface area contributed by atoms with Crippen LogP contribution in [-0.4, -0.2) is 16.5 Å². The van der Waals surface area contributed by atoms with Gasteiger partial charge < -0.3 is 14.5 Å². The van der Waals surface area contributed by atoms with Crippen molar-refractivity contribution >= 4 is 27.3 Å². The Morgan fingerprint density at radius 2 is 2.14 bits per heavy atom. The minimum absolute atomic E-state index is 0.564. The third-order valence-corrected chi connectivity index (χ3v) is 4.02. The van der Waals surface area contributed by atoms with E-state index < -0.39 is 0 Å². The summed E-state index contributed by atoms with van der Waals surface area (Å²) >= 11 is 3.56. The molecule has 3 rings (SSSR count). The van der Waals surface area contributed by atoms with E-state index in [1.54, 1.807) is 7.11 Å². The summed E-state index contributed by atoms with van der Waals surface area (Å²) in [4.78, 5) is 4.58. The van der Waals surface area contributed by atoms with Crippen LogP contribution in [0.1, 0.15) is 11.3 Å². The molecule has 2 heterocycles. The summed E-state index contributed by atoms with van der Waals surface area (Å²) < 4.78 is 8.33. The minimum Gasteiger partial charge on any atom is -0.380 e. The zero-order valence-corrected chi connectivity index (χ0v) is 13.3. The largest absolute Gasteiger partial charge is 0.380 e. The molecule has 1 aromatic carbocycles. The predicted octanol–water partition coefficient (Wildman–Crippen LogP) is 3.86. The summed E-state index contributed by atoms with van der Waals surface area (Å²) in [6, 6.07) is 12.1. The summed E-state index contributed by atoms with van der Waals surface area (Å²) in [6.07, 6.45) is 4.04. The monoisotopic (exact) mass is 345 g/mol. The van der Waals surface area contributed by atoms with Gasteiger partial charge in [0.25, 0.3) is 0 Å². The first-order valence-electron chi connectivity index (χ1n) is 6.71. The lowest BCUT2D eigenvalue weighted by Gasteiger charge is -2.12. The van der Waals surface area contributed by atoms with Crippen LogP contribution >= 0.6 is 15.9 Å². The molecule has 4 nitrogen and oxygen atoms in total. The topological polar surface area (TPSA) is 38.6 Å². The fourth-order valence-corrected chi connectivity index (χ4v) is 2.75. The molecular formula is C16H16BrN3O. The number of rotatable bonds is 5. The van der Waals surface area contributed by atoms with Crippen LogP contribution in [0.25, 0.3) is 5.65 Å². The SMILES string of the molecule is COCc1c(Br)cccc1NCc1cn2ccccc2n1. The minimum atomic E-state index is 0.564. The van der Waals surface area contributed by atoms with Crippen LogP contribution in [0.15, 0.2) is 53.3 Å². The van der Waals surface area contributed by atoms with Crippen molar-refractivity contribution in [3.8, 4) is 0 Å². The standard InChI is InChI=1S/C16H16BrN3O/c1-21-11-13-14(17)5-4-6-15(13)18-9-12-10-20-8-3-2-7-16(20)19-12/h2-8,10,18H,9,11H2,1H3. The summed E-state index contributed by atoms with van der Waals surface area (Å²) in [5, 5.41) is 3.43. The highest BCUT2D eigenvalue weighted by atomic mass is 79.9. The van der Waals surface area contributed by atoms with Gasteiger partial charge >= 0.3 is 0 Å². The molecule has 0 aliphatic rings. The first-order chi connectivity index (χ1) is 10.3. The normalized spacial score (nSPS) is 11.0. The van der Waals surface area contributed by atoms with Crippen molar-refractivity contribution in [2.45, 2.75) is 13.2 Å². The van der Waals surface area contributed by atoms with Gasteiger partial charge in [0.1, 0.15) is 5.65 Å². The van der Waals surface area contributed by atoms with Gasteiger partial charge in [-0.3, -0.25) is 0 Å². The van der Waals surface area contributed by atoms with E-state index in [2.05, 4.69) is 32.3 Å². The van der Waals surface area contributed by atoms with E-state index in [0.29, 0.717) is 13.2 Å². The fraction of sp³-hybridized carbons (Fsp3) is 0.188. The number of anilines is 1. The summed E-state index contributed by atoms with van der Waals surface area (Å²) in [5.74, 6) is 0. The summed E-state index contributed by atoms with van der Waals surface area (Å²) in [5.41, 5.74) is 4.14. The Hall–Kier alpha value is -1.85. The number of methoxy groups -OCH3 is 1. The van der Waals surface area contributed by atoms with Crippen LogP contribution in [0.4, 0.5) is 5.69 Å². The predicted molar refractivity (Wildman–Crippen MR) is 87.4 cm³/mol. The summed E-state index contributed by atoms with van der Waals surface area (Å²) in [7, 11) is 1.70. The third kappa shape index (κ3) is 3.09. The van der Waals surface area contributed by atoms with E-state index >= 15 is 0 Å². The molecule has 0 radical (unpaired) electrons. The van der Waals surface area contributed by atoms with Crippen molar-refractivity contribution in [3.05, 3.63) is 64.5 Å². The smallest absolute Gasteiger partial charge is 0.137 e. The first-order valence-corrected chi connectivity index (χ1v) is 7.50. The molecule has 2 aromatic heterocycles. The van der Waals surface area contributed by atoms with Crippen molar-refractivity contribution in [2.75, 3.05) is 12.4 Å². The lowest BCUT2D eigenvalue weighted by Crippen LogP contribution is -2.04. The van der Waals surface area contributed by atoms with Gasteiger partial charge in [-0.05, 0) is 24.3 Å². The van der Waals surface area contributed by atoms with Crippen LogP contribution in [0.2, 0.25) is 0 Å². The van der Waals surface area contributed by atoms with E-state index in [1.807, 2.05) is 47.1 Å². The Morgan fingerprint density at radius 1 is 1.24 bits per heavy atom. The molecule has 0 spiro atoms. The molecule has 0 saturated heterocycles. The molecule has 0 bridgehead atoms. The molecule has 0 saturated carbocycles. The number of benzene rings is 1. The van der Waals surface area contributed by atoms with E-state index in [0.717, 1.165) is 27.1 Å². The highest BCUT2D eigenvalue weighted by Crippen LogP contribution is 2.26. The second-order valence-electron chi connectivity index (χ2n) is 4.75. The van der Waals surface area contributed by atoms with Gasteiger partial charge in [0, 0.05) is 35.2 Å². The van der Waals surface area contributed by atoms with Crippen LogP contribution in [-0.2, 0) is 17.9 Å². The van der Waals surface area contributed by atoms with E-state index in [-0.39, 0.29) is 0 Å². The molecule has 0 amide bonds. The number of nitrogens with one attached hydrogen (secondary N) is 1. The van der Waals surface area contributed by atoms with E-state index in [9.17, 15) is 0 Å². The molecule has 3 aromatic rings. The first kappa shape index (κ1) is 14.1. The van der Waals surface area contributed by atoms with Crippen LogP contribution in [0.5, 0.6) is 0 Å². The zero-order chi connectivity index (χ0) is 14.7. The maximum atomic E-state index is 5.26. The Morgan fingerprint density at radius 3 is 2.95 bits per heavy atom. The number of aromatic nitrogens is 2. The van der Waals surface area contributed by atoms with Crippen molar-refractivity contribution < 1.29 is 4.74 Å². The molecule has 0 unspecified atom stereocenters. The maximum Gasteiger partial charge on any atom is 0.137 e. The van der Waals surface area contributed by atoms with E-state index in [1.165, 1.54) is 0 Å². The Balaban J connectivity index is 1.79. The molecule has 108 valence electrons. The molecule has 5 heteroatoms. The average molecular weight is 346 g/mol. The lowest BCUT2D eigenvalue weighted by molar-refractivity contribution is 0.185. The summed E-state index contributed by atoms with van der Waals surface area (Å²) in [6.45, 7) is 1.24. The Kier molecular flexibility index (Phi) is 4.22. The van der Waals surface area contributed by atoms with Gasteiger partial charge in [0.15, 0.2) is 0 Å². The van der Waals surface area contributed by atoms with Crippen molar-refractivity contribution in [1.29, 1.82) is 0 Å². The third-order valence-electron chi connectivity index (χ3n) is 3.28. The number of ether oxygens (including phenoxy) is 1. The second-order valence-corrected chi connectivity index (χ2v) is 5.61. The fourth-order valence-electron chi connectivity index (χ4n) is 2.27. The second kappa shape index (κ2) is 6.28. The molecule has 0 fully saturated rings. The highest BCUT2D eigenvalue weighted by Gasteiger charge is 2.07. The van der Waals surface area contributed by atoms with Gasteiger partial charge in [-0.25, -0.2) is 4.98 Å². The Bertz CT molecular complexity index is 721. The number of pyridine rings is 1. The Labute approximate surface area is 131 Å². The maximum absolute atomic E-state index is 5.26. The molecule has 1 N–H and O–H groups in total. The van der Waals surface area contributed by atoms with Crippen LogP contribution in [0, 0.1) is 0 Å². The van der Waals surface area contributed by atoms with Crippen molar-refractivity contribution in [3.63, 3.8) is 0 Å². The van der Waals surface area contributed by atoms with Crippen LogP contribution in [0.3, 0.4) is 0 Å². The quantitative estimate of drug-likeness (QED) is 0.763.